The minimum absolute atomic E-state index is 0.540. The largest absolute Gasteiger partial charge is 0.276 e. The van der Waals surface area contributed by atoms with Crippen LogP contribution in [-0.2, 0) is 4.79 Å². The Hall–Kier alpha value is -0.660. The predicted molar refractivity (Wildman–Crippen MR) is 60.4 cm³/mol. The van der Waals surface area contributed by atoms with Crippen molar-refractivity contribution in [2.45, 2.75) is 57.8 Å². The minimum Gasteiger partial charge on any atom is -0.276 e. The molecule has 0 saturated heterocycles. The third-order valence-corrected chi connectivity index (χ3v) is 2.18. The maximum Gasteiger partial charge on any atom is 0.233 e. The van der Waals surface area contributed by atoms with Gasteiger partial charge in [-0.1, -0.05) is 51.9 Å². The van der Waals surface area contributed by atoms with E-state index in [0.29, 0.717) is 6.41 Å². The van der Waals surface area contributed by atoms with Crippen molar-refractivity contribution in [1.82, 2.24) is 0 Å². The number of rotatable bonds is 10. The molecule has 0 spiro atoms. The van der Waals surface area contributed by atoms with E-state index in [2.05, 4.69) is 18.1 Å². The van der Waals surface area contributed by atoms with Gasteiger partial charge < -0.3 is 0 Å². The standard InChI is InChI=1S/C12H21NO/c1-2-3-4-5-6-7-8-9-10-11-13-12-14/h12H,1-10H2. The lowest BCUT2D eigenvalue weighted by Gasteiger charge is -1.99. The van der Waals surface area contributed by atoms with Crippen molar-refractivity contribution in [3.05, 3.63) is 6.92 Å². The molecule has 0 atom stereocenters. The molecular formula is C12H21NO. The summed E-state index contributed by atoms with van der Waals surface area (Å²) < 4.78 is 0. The molecule has 0 heterocycles. The Morgan fingerprint density at radius 2 is 1.57 bits per heavy atom. The first kappa shape index (κ1) is 13.3. The molecule has 0 saturated carbocycles. The van der Waals surface area contributed by atoms with Crippen LogP contribution in [0.15, 0.2) is 4.99 Å². The second-order valence-electron chi connectivity index (χ2n) is 3.47. The molecule has 0 fully saturated rings. The average Bonchev–Trinajstić information content (AvgIpc) is 2.21. The summed E-state index contributed by atoms with van der Waals surface area (Å²) in [6.07, 6.45) is 14.0. The van der Waals surface area contributed by atoms with Gasteiger partial charge in [-0.05, 0) is 12.8 Å². The number of hydrogen-bond donors (Lipinski definition) is 0. The van der Waals surface area contributed by atoms with Crippen LogP contribution in [0.4, 0.5) is 0 Å². The molecule has 0 aliphatic heterocycles. The Morgan fingerprint density at radius 3 is 2.14 bits per heavy atom. The van der Waals surface area contributed by atoms with Crippen molar-refractivity contribution in [2.24, 2.45) is 4.99 Å². The van der Waals surface area contributed by atoms with Crippen molar-refractivity contribution < 1.29 is 4.79 Å². The molecule has 1 amide bonds. The number of aliphatic imine (C=N–C) groups is 1. The summed E-state index contributed by atoms with van der Waals surface area (Å²) in [4.78, 5) is 13.2. The maximum atomic E-state index is 9.81. The van der Waals surface area contributed by atoms with Crippen LogP contribution in [0.2, 0.25) is 0 Å². The van der Waals surface area contributed by atoms with Crippen molar-refractivity contribution in [3.8, 4) is 0 Å². The number of unbranched alkanes of at least 4 members (excludes halogenated alkanes) is 8. The summed E-state index contributed by atoms with van der Waals surface area (Å²) in [6, 6.07) is 0. The van der Waals surface area contributed by atoms with Crippen LogP contribution in [0.25, 0.3) is 0 Å². The summed E-state index contributed by atoms with van der Waals surface area (Å²) in [6.45, 7) is 3.81. The van der Waals surface area contributed by atoms with Gasteiger partial charge in [0.15, 0.2) is 0 Å². The second kappa shape index (κ2) is 12.3. The number of carbonyl (C=O) groups excluding carboxylic acids is 1. The molecule has 2 nitrogen and oxygen atoms in total. The fourth-order valence-corrected chi connectivity index (χ4v) is 1.37. The van der Waals surface area contributed by atoms with Gasteiger partial charge in [-0.15, -0.1) is 0 Å². The molecule has 0 unspecified atom stereocenters. The van der Waals surface area contributed by atoms with Gasteiger partial charge >= 0.3 is 0 Å². The van der Waals surface area contributed by atoms with Crippen LogP contribution < -0.4 is 0 Å². The molecule has 14 heavy (non-hydrogen) atoms. The third-order valence-electron chi connectivity index (χ3n) is 2.18. The van der Waals surface area contributed by atoms with Gasteiger partial charge in [0.05, 0.1) is 6.21 Å². The Labute approximate surface area is 87.8 Å². The van der Waals surface area contributed by atoms with E-state index in [9.17, 15) is 4.79 Å². The highest BCUT2D eigenvalue weighted by Gasteiger charge is 1.90. The minimum atomic E-state index is 0.540. The van der Waals surface area contributed by atoms with Gasteiger partial charge in [-0.3, -0.25) is 4.79 Å². The highest BCUT2D eigenvalue weighted by atomic mass is 16.1. The SMILES string of the molecule is [CH2]CCCCCCCCC/[C]=N/C=O. The maximum absolute atomic E-state index is 9.81. The van der Waals surface area contributed by atoms with E-state index in [0.717, 1.165) is 19.3 Å². The first-order valence-corrected chi connectivity index (χ1v) is 5.57. The summed E-state index contributed by atoms with van der Waals surface area (Å²) >= 11 is 0. The van der Waals surface area contributed by atoms with Crippen LogP contribution in [0.3, 0.4) is 0 Å². The van der Waals surface area contributed by atoms with Gasteiger partial charge in [0.2, 0.25) is 6.41 Å². The van der Waals surface area contributed by atoms with Gasteiger partial charge in [0.25, 0.3) is 0 Å². The Kier molecular flexibility index (Phi) is 11.8. The van der Waals surface area contributed by atoms with Gasteiger partial charge in [0, 0.05) is 0 Å². The average molecular weight is 195 g/mol. The summed E-state index contributed by atoms with van der Waals surface area (Å²) in [7, 11) is 0. The number of nitrogens with zero attached hydrogens (tertiary/aromatic N) is 1. The number of hydrogen-bond acceptors (Lipinski definition) is 1. The zero-order valence-corrected chi connectivity index (χ0v) is 9.00. The molecule has 0 bridgehead atoms. The van der Waals surface area contributed by atoms with E-state index in [4.69, 9.17) is 0 Å². The molecule has 0 aliphatic carbocycles. The normalized spacial score (nSPS) is 10.9. The van der Waals surface area contributed by atoms with Crippen LogP contribution in [0.5, 0.6) is 0 Å². The summed E-state index contributed by atoms with van der Waals surface area (Å²) in [5.74, 6) is 0. The fraction of sp³-hybridized carbons (Fsp3) is 0.750. The molecule has 0 aromatic rings. The van der Waals surface area contributed by atoms with Crippen molar-refractivity contribution in [3.63, 3.8) is 0 Å². The Morgan fingerprint density at radius 1 is 1.00 bits per heavy atom. The molecule has 0 aromatic heterocycles. The summed E-state index contributed by atoms with van der Waals surface area (Å²) in [5.41, 5.74) is 0. The summed E-state index contributed by atoms with van der Waals surface area (Å²) in [5, 5.41) is 0. The van der Waals surface area contributed by atoms with Crippen LogP contribution >= 0.6 is 0 Å². The van der Waals surface area contributed by atoms with Crippen LogP contribution in [0.1, 0.15) is 57.8 Å². The second-order valence-corrected chi connectivity index (χ2v) is 3.47. The Balaban J connectivity index is 2.91. The van der Waals surface area contributed by atoms with E-state index in [1.54, 1.807) is 0 Å². The monoisotopic (exact) mass is 195 g/mol. The zero-order valence-electron chi connectivity index (χ0n) is 9.00. The predicted octanol–water partition coefficient (Wildman–Crippen LogP) is 3.44. The molecule has 2 heteroatoms. The zero-order chi connectivity index (χ0) is 10.5. The molecule has 0 rings (SSSR count). The third kappa shape index (κ3) is 11.3. The van der Waals surface area contributed by atoms with Crippen LogP contribution in [-0.4, -0.2) is 12.6 Å². The number of carbonyl (C=O) groups is 1. The van der Waals surface area contributed by atoms with Crippen LogP contribution in [0, 0.1) is 6.92 Å². The lowest BCUT2D eigenvalue weighted by atomic mass is 10.1. The quantitative estimate of drug-likeness (QED) is 0.298. The first-order chi connectivity index (χ1) is 6.91. The highest BCUT2D eigenvalue weighted by Crippen LogP contribution is 2.08. The Bertz CT molecular complexity index is 143. The molecule has 0 N–H and O–H groups in total. The van der Waals surface area contributed by atoms with Gasteiger partial charge in [-0.2, -0.15) is 0 Å². The van der Waals surface area contributed by atoms with Gasteiger partial charge in [-0.25, -0.2) is 4.99 Å². The highest BCUT2D eigenvalue weighted by molar-refractivity contribution is 5.68. The molecular weight excluding hydrogens is 174 g/mol. The van der Waals surface area contributed by atoms with Gasteiger partial charge in [0.1, 0.15) is 0 Å². The van der Waals surface area contributed by atoms with Crippen molar-refractivity contribution >= 4 is 12.6 Å². The van der Waals surface area contributed by atoms with Crippen molar-refractivity contribution in [2.75, 3.05) is 0 Å². The van der Waals surface area contributed by atoms with E-state index in [1.807, 2.05) is 0 Å². The fourth-order valence-electron chi connectivity index (χ4n) is 1.37. The lowest BCUT2D eigenvalue weighted by molar-refractivity contribution is -0.106. The van der Waals surface area contributed by atoms with Crippen molar-refractivity contribution in [1.29, 1.82) is 0 Å². The smallest absolute Gasteiger partial charge is 0.233 e. The molecule has 80 valence electrons. The van der Waals surface area contributed by atoms with E-state index in [1.165, 1.54) is 38.5 Å². The van der Waals surface area contributed by atoms with E-state index >= 15 is 0 Å². The number of amides is 1. The topological polar surface area (TPSA) is 29.4 Å². The van der Waals surface area contributed by atoms with E-state index in [-0.39, 0.29) is 0 Å². The molecule has 0 aliphatic rings. The molecule has 2 radical (unpaired) electrons. The van der Waals surface area contributed by atoms with E-state index < -0.39 is 0 Å². The first-order valence-electron chi connectivity index (χ1n) is 5.57. The lowest BCUT2D eigenvalue weighted by Crippen LogP contribution is -1.82. The molecule has 0 aromatic carbocycles.